The molecule has 0 radical (unpaired) electrons. The highest BCUT2D eigenvalue weighted by atomic mass is 16.4. The molecule has 0 bridgehead atoms. The fourth-order valence-corrected chi connectivity index (χ4v) is 3.80. The summed E-state index contributed by atoms with van der Waals surface area (Å²) >= 11 is 0. The van der Waals surface area contributed by atoms with Crippen LogP contribution in [-0.2, 0) is 17.6 Å². The van der Waals surface area contributed by atoms with Gasteiger partial charge in [-0.05, 0) is 75.0 Å². The number of carboxylic acids is 1. The number of phenolic OH excluding ortho intramolecular Hbond substituents is 1. The molecule has 3 heteroatoms. The van der Waals surface area contributed by atoms with Gasteiger partial charge in [-0.3, -0.25) is 4.79 Å². The zero-order chi connectivity index (χ0) is 21.9. The second kappa shape index (κ2) is 12.2. The number of benzene rings is 1. The molecule has 1 aromatic rings. The summed E-state index contributed by atoms with van der Waals surface area (Å²) in [5.41, 5.74) is 2.22. The molecule has 0 unspecified atom stereocenters. The van der Waals surface area contributed by atoms with Gasteiger partial charge in [0.15, 0.2) is 0 Å². The number of hydrogen-bond acceptors (Lipinski definition) is 2. The van der Waals surface area contributed by atoms with Gasteiger partial charge in [-0.25, -0.2) is 0 Å². The minimum Gasteiger partial charge on any atom is -0.508 e. The van der Waals surface area contributed by atoms with Crippen molar-refractivity contribution in [1.29, 1.82) is 0 Å². The Morgan fingerprint density at radius 3 is 1.93 bits per heavy atom. The maximum Gasteiger partial charge on any atom is 0.309 e. The third-order valence-electron chi connectivity index (χ3n) is 5.93. The summed E-state index contributed by atoms with van der Waals surface area (Å²) in [5, 5.41) is 19.5. The molecule has 29 heavy (non-hydrogen) atoms. The van der Waals surface area contributed by atoms with E-state index in [-0.39, 0.29) is 0 Å². The average molecular weight is 405 g/mol. The van der Waals surface area contributed by atoms with E-state index in [0.717, 1.165) is 50.5 Å². The largest absolute Gasteiger partial charge is 0.508 e. The van der Waals surface area contributed by atoms with Gasteiger partial charge in [0.05, 0.1) is 5.41 Å². The molecule has 0 aliphatic carbocycles. The number of aryl methyl sites for hydroxylation is 1. The maximum atomic E-state index is 11.2. The lowest BCUT2D eigenvalue weighted by atomic mass is 9.87. The smallest absolute Gasteiger partial charge is 0.309 e. The Hall–Kier alpha value is -1.51. The number of carbonyl (C=O) groups is 1. The van der Waals surface area contributed by atoms with Crippen LogP contribution in [0.2, 0.25) is 0 Å². The highest BCUT2D eigenvalue weighted by molar-refractivity contribution is 5.73. The van der Waals surface area contributed by atoms with Gasteiger partial charge in [-0.1, -0.05) is 71.4 Å². The number of unbranched alkanes of at least 4 members (excludes halogenated alkanes) is 6. The van der Waals surface area contributed by atoms with E-state index in [2.05, 4.69) is 26.8 Å². The van der Waals surface area contributed by atoms with E-state index in [9.17, 15) is 15.0 Å². The van der Waals surface area contributed by atoms with Gasteiger partial charge in [-0.15, -0.1) is 0 Å². The van der Waals surface area contributed by atoms with Gasteiger partial charge < -0.3 is 10.2 Å². The predicted octanol–water partition coefficient (Wildman–Crippen LogP) is 7.54. The van der Waals surface area contributed by atoms with Gasteiger partial charge >= 0.3 is 5.97 Å². The molecule has 3 nitrogen and oxygen atoms in total. The normalized spacial score (nSPS) is 12.3. The summed E-state index contributed by atoms with van der Waals surface area (Å²) in [6.45, 7) is 10.5. The van der Waals surface area contributed by atoms with Crippen molar-refractivity contribution in [3.8, 4) is 5.75 Å². The molecule has 2 N–H and O–H groups in total. The summed E-state index contributed by atoms with van der Waals surface area (Å²) in [4.78, 5) is 11.2. The lowest BCUT2D eigenvalue weighted by Crippen LogP contribution is -2.23. The zero-order valence-corrected chi connectivity index (χ0v) is 19.5. The highest BCUT2D eigenvalue weighted by Crippen LogP contribution is 2.27. The molecule has 0 aromatic heterocycles. The molecule has 0 saturated carbocycles. The molecule has 0 fully saturated rings. The van der Waals surface area contributed by atoms with Crippen LogP contribution in [0.25, 0.3) is 0 Å². The van der Waals surface area contributed by atoms with Gasteiger partial charge in [-0.2, -0.15) is 0 Å². The fraction of sp³-hybridized carbons (Fsp3) is 0.731. The standard InChI is InChI=1S/C26H44O3/c1-25(2,3)19-12-8-6-10-15-21-16-14-18-23(27)22(21)17-11-7-9-13-20-26(4,5)24(28)29/h14,16,18,27H,6-13,15,17,19-20H2,1-5H3,(H,28,29). The SMILES string of the molecule is CC(C)(C)CCCCCCc1cccc(O)c1CCCCCCC(C)(C)C(=O)O. The first-order valence-corrected chi connectivity index (χ1v) is 11.6. The number of phenols is 1. The van der Waals surface area contributed by atoms with Crippen molar-refractivity contribution < 1.29 is 15.0 Å². The van der Waals surface area contributed by atoms with Crippen LogP contribution in [0.15, 0.2) is 18.2 Å². The number of rotatable bonds is 14. The molecular weight excluding hydrogens is 360 g/mol. The first kappa shape index (κ1) is 25.5. The van der Waals surface area contributed by atoms with E-state index >= 15 is 0 Å². The second-order valence-corrected chi connectivity index (χ2v) is 10.5. The molecule has 1 rings (SSSR count). The van der Waals surface area contributed by atoms with Gasteiger partial charge in [0, 0.05) is 0 Å². The molecule has 0 aliphatic rings. The van der Waals surface area contributed by atoms with Crippen LogP contribution in [0.5, 0.6) is 5.75 Å². The third kappa shape index (κ3) is 10.7. The second-order valence-electron chi connectivity index (χ2n) is 10.5. The quantitative estimate of drug-likeness (QED) is 0.315. The number of carboxylic acid groups (broad SMARTS) is 1. The molecule has 0 spiro atoms. The fourth-order valence-electron chi connectivity index (χ4n) is 3.80. The summed E-state index contributed by atoms with van der Waals surface area (Å²) in [5.74, 6) is -0.281. The van der Waals surface area contributed by atoms with E-state index < -0.39 is 11.4 Å². The topological polar surface area (TPSA) is 57.5 Å². The lowest BCUT2D eigenvalue weighted by molar-refractivity contribution is -0.147. The van der Waals surface area contributed by atoms with Crippen molar-refractivity contribution in [1.82, 2.24) is 0 Å². The number of aliphatic carboxylic acids is 1. The highest BCUT2D eigenvalue weighted by Gasteiger charge is 2.25. The number of aromatic hydroxyl groups is 1. The molecule has 0 amide bonds. The van der Waals surface area contributed by atoms with E-state index in [1.807, 2.05) is 6.07 Å². The van der Waals surface area contributed by atoms with Crippen molar-refractivity contribution in [2.24, 2.45) is 10.8 Å². The predicted molar refractivity (Wildman–Crippen MR) is 123 cm³/mol. The minimum absolute atomic E-state index is 0.432. The Balaban J connectivity index is 2.34. The zero-order valence-electron chi connectivity index (χ0n) is 19.5. The summed E-state index contributed by atoms with van der Waals surface area (Å²) in [6, 6.07) is 5.93. The van der Waals surface area contributed by atoms with Gasteiger partial charge in [0.1, 0.15) is 5.75 Å². The van der Waals surface area contributed by atoms with Gasteiger partial charge in [0.2, 0.25) is 0 Å². The molecular formula is C26H44O3. The van der Waals surface area contributed by atoms with Crippen LogP contribution < -0.4 is 0 Å². The molecule has 0 saturated heterocycles. The van der Waals surface area contributed by atoms with Crippen molar-refractivity contribution in [3.05, 3.63) is 29.3 Å². The average Bonchev–Trinajstić information content (AvgIpc) is 2.61. The Morgan fingerprint density at radius 1 is 0.793 bits per heavy atom. The van der Waals surface area contributed by atoms with E-state index in [1.165, 1.54) is 37.7 Å². The van der Waals surface area contributed by atoms with Crippen LogP contribution >= 0.6 is 0 Å². The van der Waals surface area contributed by atoms with Crippen LogP contribution in [0, 0.1) is 10.8 Å². The van der Waals surface area contributed by atoms with Crippen molar-refractivity contribution in [3.63, 3.8) is 0 Å². The molecule has 0 aliphatic heterocycles. The third-order valence-corrected chi connectivity index (χ3v) is 5.93. The summed E-state index contributed by atoms with van der Waals surface area (Å²) in [6.07, 6.45) is 13.1. The molecule has 166 valence electrons. The Labute approximate surface area is 178 Å². The summed E-state index contributed by atoms with van der Waals surface area (Å²) in [7, 11) is 0. The Kier molecular flexibility index (Phi) is 10.8. The van der Waals surface area contributed by atoms with E-state index in [1.54, 1.807) is 19.9 Å². The molecule has 1 aromatic carbocycles. The van der Waals surface area contributed by atoms with E-state index in [4.69, 9.17) is 0 Å². The first-order chi connectivity index (χ1) is 13.5. The van der Waals surface area contributed by atoms with Crippen molar-refractivity contribution >= 4 is 5.97 Å². The number of hydrogen-bond donors (Lipinski definition) is 2. The lowest BCUT2D eigenvalue weighted by Gasteiger charge is -2.18. The molecule has 0 heterocycles. The minimum atomic E-state index is -0.713. The Morgan fingerprint density at radius 2 is 1.34 bits per heavy atom. The Bertz CT molecular complexity index is 611. The maximum absolute atomic E-state index is 11.2. The van der Waals surface area contributed by atoms with Crippen LogP contribution in [0.4, 0.5) is 0 Å². The van der Waals surface area contributed by atoms with E-state index in [0.29, 0.717) is 11.2 Å². The van der Waals surface area contributed by atoms with Crippen LogP contribution in [0.3, 0.4) is 0 Å². The monoisotopic (exact) mass is 404 g/mol. The molecule has 0 atom stereocenters. The van der Waals surface area contributed by atoms with Crippen LogP contribution in [-0.4, -0.2) is 16.2 Å². The summed E-state index contributed by atoms with van der Waals surface area (Å²) < 4.78 is 0. The van der Waals surface area contributed by atoms with Crippen LogP contribution in [0.1, 0.15) is 110 Å². The first-order valence-electron chi connectivity index (χ1n) is 11.6. The van der Waals surface area contributed by atoms with Gasteiger partial charge in [0.25, 0.3) is 0 Å². The van der Waals surface area contributed by atoms with Crippen molar-refractivity contribution in [2.45, 2.75) is 112 Å². The van der Waals surface area contributed by atoms with Crippen molar-refractivity contribution in [2.75, 3.05) is 0 Å².